The van der Waals surface area contributed by atoms with E-state index < -0.39 is 0 Å². The number of likely N-dealkylation sites (N-methyl/N-ethyl adjacent to an activating group) is 1. The molecular formula is C28H32N2O3S2. The van der Waals surface area contributed by atoms with Gasteiger partial charge in [-0.05, 0) is 72.4 Å². The van der Waals surface area contributed by atoms with Crippen LogP contribution in [0.25, 0.3) is 6.08 Å². The van der Waals surface area contributed by atoms with Gasteiger partial charge in [0.05, 0.1) is 4.91 Å². The lowest BCUT2D eigenvalue weighted by molar-refractivity contribution is -0.135. The quantitative estimate of drug-likeness (QED) is 0.260. The summed E-state index contributed by atoms with van der Waals surface area (Å²) in [4.78, 5) is 28.2. The highest BCUT2D eigenvalue weighted by atomic mass is 32.2. The lowest BCUT2D eigenvalue weighted by Gasteiger charge is -2.31. The Kier molecular flexibility index (Phi) is 6.66. The molecule has 1 saturated heterocycles. The maximum Gasteiger partial charge on any atom is 0.294 e. The molecule has 5 rings (SSSR count). The molecule has 2 fully saturated rings. The van der Waals surface area contributed by atoms with Crippen LogP contribution in [0.3, 0.4) is 0 Å². The van der Waals surface area contributed by atoms with Crippen LogP contribution in [0.1, 0.15) is 69.9 Å². The molecule has 0 aromatic heterocycles. The second kappa shape index (κ2) is 9.58. The number of benzene rings is 1. The number of hydrogen-bond acceptors (Lipinski definition) is 6. The van der Waals surface area contributed by atoms with Crippen molar-refractivity contribution >= 4 is 52.4 Å². The first-order valence-corrected chi connectivity index (χ1v) is 13.6. The minimum absolute atomic E-state index is 0.0303. The Balaban J connectivity index is 1.42. The van der Waals surface area contributed by atoms with Gasteiger partial charge >= 0.3 is 0 Å². The summed E-state index contributed by atoms with van der Waals surface area (Å²) in [5.41, 5.74) is 6.41. The first kappa shape index (κ1) is 24.3. The van der Waals surface area contributed by atoms with Gasteiger partial charge in [0.15, 0.2) is 11.1 Å². The molecule has 184 valence electrons. The fraction of sp³-hybridized carbons (Fsp3) is 0.464. The summed E-state index contributed by atoms with van der Waals surface area (Å²) in [6, 6.07) is 7.59. The summed E-state index contributed by atoms with van der Waals surface area (Å²) in [5.74, 6) is 0.488. The number of fused-ring (bicyclic) bond motifs is 3. The van der Waals surface area contributed by atoms with Crippen LogP contribution in [0.4, 0.5) is 5.69 Å². The lowest BCUT2D eigenvalue weighted by Crippen LogP contribution is -2.30. The number of carbonyl (C=O) groups excluding carboxylic acids is 2. The lowest BCUT2D eigenvalue weighted by atomic mass is 9.75. The van der Waals surface area contributed by atoms with Crippen molar-refractivity contribution in [3.63, 3.8) is 0 Å². The van der Waals surface area contributed by atoms with E-state index in [1.54, 1.807) is 0 Å². The Hall–Kier alpha value is -2.38. The van der Waals surface area contributed by atoms with Gasteiger partial charge in [0, 0.05) is 24.2 Å². The van der Waals surface area contributed by atoms with Gasteiger partial charge in [-0.25, -0.2) is 0 Å². The molecule has 0 N–H and O–H groups in total. The number of hydrogen-bond donors (Lipinski definition) is 0. The monoisotopic (exact) mass is 508 g/mol. The Morgan fingerprint density at radius 1 is 1.23 bits per heavy atom. The highest BCUT2D eigenvalue weighted by Gasteiger charge is 2.40. The van der Waals surface area contributed by atoms with Crippen LogP contribution in [0.2, 0.25) is 0 Å². The molecule has 2 heterocycles. The van der Waals surface area contributed by atoms with Gasteiger partial charge in [0.25, 0.3) is 12.4 Å². The van der Waals surface area contributed by atoms with E-state index in [1.165, 1.54) is 58.3 Å². The third-order valence-electron chi connectivity index (χ3n) is 7.59. The molecule has 2 atom stereocenters. The maximum absolute atomic E-state index is 13.0. The number of ether oxygens (including phenoxy) is 1. The van der Waals surface area contributed by atoms with Gasteiger partial charge in [-0.15, -0.1) is 0 Å². The molecule has 5 nitrogen and oxygen atoms in total. The number of carbonyl (C=O) groups is 2. The van der Waals surface area contributed by atoms with E-state index in [-0.39, 0.29) is 18.1 Å². The second-order valence-corrected chi connectivity index (χ2v) is 12.3. The fourth-order valence-electron chi connectivity index (χ4n) is 6.22. The van der Waals surface area contributed by atoms with E-state index in [9.17, 15) is 9.59 Å². The molecule has 1 aromatic carbocycles. The van der Waals surface area contributed by atoms with Gasteiger partial charge in [0.2, 0.25) is 0 Å². The average Bonchev–Trinajstić information content (AvgIpc) is 3.48. The van der Waals surface area contributed by atoms with Crippen molar-refractivity contribution in [1.29, 1.82) is 0 Å². The summed E-state index contributed by atoms with van der Waals surface area (Å²) in [5, 5.41) is 0. The molecule has 1 aromatic rings. The largest absolute Gasteiger partial charge is 0.446 e. The predicted octanol–water partition coefficient (Wildman–Crippen LogP) is 6.17. The van der Waals surface area contributed by atoms with Gasteiger partial charge in [-0.2, -0.15) is 0 Å². The normalized spacial score (nSPS) is 27.5. The van der Waals surface area contributed by atoms with E-state index in [4.69, 9.17) is 17.0 Å². The zero-order valence-corrected chi connectivity index (χ0v) is 22.2. The van der Waals surface area contributed by atoms with E-state index in [2.05, 4.69) is 62.1 Å². The Bertz CT molecular complexity index is 1170. The van der Waals surface area contributed by atoms with Gasteiger partial charge in [-0.3, -0.25) is 14.5 Å². The van der Waals surface area contributed by atoms with Crippen molar-refractivity contribution in [3.05, 3.63) is 57.5 Å². The number of thioether (sulfide) groups is 1. The Morgan fingerprint density at radius 3 is 2.83 bits per heavy atom. The van der Waals surface area contributed by atoms with Gasteiger partial charge in [0.1, 0.15) is 0 Å². The zero-order chi connectivity index (χ0) is 24.7. The second-order valence-electron chi connectivity index (χ2n) is 10.6. The van der Waals surface area contributed by atoms with E-state index >= 15 is 0 Å². The Labute approximate surface area is 217 Å². The van der Waals surface area contributed by atoms with Crippen molar-refractivity contribution in [2.45, 2.75) is 64.8 Å². The van der Waals surface area contributed by atoms with Crippen LogP contribution in [0.15, 0.2) is 46.4 Å². The molecular weight excluding hydrogens is 476 g/mol. The van der Waals surface area contributed by atoms with Crippen molar-refractivity contribution < 1.29 is 14.3 Å². The standard InChI is InChI=1S/C28H32N2O3S2/c1-4-29-23-7-5-6-21(23)22-13-18(10-11-24(22)29)8-9-19-12-20(15-28(2,3)14-19)25-26(32)30(16-33-17-31)27(34)35-25/h8-13,17,21,23H,4-7,14-16H2,1-3H3/b9-8+,25-20-. The first-order chi connectivity index (χ1) is 16.8. The summed E-state index contributed by atoms with van der Waals surface area (Å²) >= 11 is 6.67. The number of nitrogens with zero attached hydrogens (tertiary/aromatic N) is 2. The summed E-state index contributed by atoms with van der Waals surface area (Å²) in [7, 11) is 0. The molecule has 0 bridgehead atoms. The van der Waals surface area contributed by atoms with E-state index in [1.807, 2.05) is 0 Å². The maximum atomic E-state index is 13.0. The molecule has 4 aliphatic rings. The third kappa shape index (κ3) is 4.60. The van der Waals surface area contributed by atoms with Crippen LogP contribution >= 0.6 is 24.0 Å². The number of anilines is 1. The summed E-state index contributed by atoms with van der Waals surface area (Å²) in [6.45, 7) is 8.00. The number of rotatable bonds is 6. The SMILES string of the molecule is CCN1c2ccc(/C=C/C3=CC(=C4/SC(=S)N(COC=O)C4=O)/CC(C)(C)C3)cc2C2CCCC21. The van der Waals surface area contributed by atoms with Gasteiger partial charge in [-0.1, -0.05) is 68.5 Å². The molecule has 0 radical (unpaired) electrons. The minimum Gasteiger partial charge on any atom is -0.446 e. The van der Waals surface area contributed by atoms with E-state index in [0.29, 0.717) is 27.7 Å². The van der Waals surface area contributed by atoms with E-state index in [0.717, 1.165) is 25.0 Å². The van der Waals surface area contributed by atoms with Gasteiger partial charge < -0.3 is 9.64 Å². The fourth-order valence-corrected chi connectivity index (χ4v) is 7.48. The first-order valence-electron chi connectivity index (χ1n) is 12.4. The van der Waals surface area contributed by atoms with Crippen molar-refractivity contribution in [2.24, 2.45) is 5.41 Å². The summed E-state index contributed by atoms with van der Waals surface area (Å²) < 4.78 is 5.22. The number of allylic oxidation sites excluding steroid dienone is 4. The highest BCUT2D eigenvalue weighted by molar-refractivity contribution is 8.26. The molecule has 2 aliphatic heterocycles. The molecule has 2 unspecified atom stereocenters. The van der Waals surface area contributed by atoms with Crippen LogP contribution < -0.4 is 4.90 Å². The average molecular weight is 509 g/mol. The zero-order valence-electron chi connectivity index (χ0n) is 20.6. The van der Waals surface area contributed by atoms with Crippen molar-refractivity contribution in [1.82, 2.24) is 4.90 Å². The van der Waals surface area contributed by atoms with Crippen LogP contribution in [0, 0.1) is 5.41 Å². The van der Waals surface area contributed by atoms with Crippen LogP contribution in [-0.2, 0) is 14.3 Å². The topological polar surface area (TPSA) is 49.9 Å². The molecule has 2 aliphatic carbocycles. The molecule has 1 amide bonds. The minimum atomic E-state index is -0.181. The van der Waals surface area contributed by atoms with Crippen molar-refractivity contribution in [2.75, 3.05) is 18.2 Å². The Morgan fingerprint density at radius 2 is 2.06 bits per heavy atom. The smallest absolute Gasteiger partial charge is 0.294 e. The third-order valence-corrected chi connectivity index (χ3v) is 9.10. The predicted molar refractivity (Wildman–Crippen MR) is 146 cm³/mol. The number of amides is 1. The molecule has 7 heteroatoms. The van der Waals surface area contributed by atoms with Crippen LogP contribution in [-0.4, -0.2) is 40.9 Å². The summed E-state index contributed by atoms with van der Waals surface area (Å²) in [6.07, 6.45) is 12.2. The molecule has 0 spiro atoms. The van der Waals surface area contributed by atoms with Crippen molar-refractivity contribution in [3.8, 4) is 0 Å². The number of thiocarbonyl (C=S) groups is 1. The van der Waals surface area contributed by atoms with Crippen LogP contribution in [0.5, 0.6) is 0 Å². The molecule has 35 heavy (non-hydrogen) atoms. The molecule has 1 saturated carbocycles. The highest BCUT2D eigenvalue weighted by Crippen LogP contribution is 2.49.